The zero-order chi connectivity index (χ0) is 13.1. The van der Waals surface area contributed by atoms with Gasteiger partial charge in [0, 0.05) is 32.8 Å². The number of carbonyl (C=O) groups is 1. The first-order valence-electron chi connectivity index (χ1n) is 6.30. The molecule has 1 aromatic rings. The largest absolute Gasteiger partial charge is 0.335 e. The van der Waals surface area contributed by atoms with Crippen LogP contribution >= 0.6 is 0 Å². The molecule has 0 aromatic carbocycles. The van der Waals surface area contributed by atoms with Gasteiger partial charge in [0.1, 0.15) is 5.82 Å². The molecule has 1 atom stereocenters. The van der Waals surface area contributed by atoms with E-state index in [1.807, 2.05) is 14.0 Å². The standard InChI is InChI=1S/C14H19N3O/c1-4-5-14(18)16(3)9-12-6-7-13-15-11(2)8-17(13)10-12/h8,12H,6-7,9-10H2,1-3H3. The van der Waals surface area contributed by atoms with Gasteiger partial charge in [0.25, 0.3) is 5.91 Å². The molecule has 0 radical (unpaired) electrons. The molecule has 18 heavy (non-hydrogen) atoms. The Bertz CT molecular complexity index is 507. The van der Waals surface area contributed by atoms with Crippen molar-refractivity contribution < 1.29 is 4.79 Å². The van der Waals surface area contributed by atoms with E-state index < -0.39 is 0 Å². The molecule has 0 saturated heterocycles. The van der Waals surface area contributed by atoms with Crippen molar-refractivity contribution in [2.75, 3.05) is 13.6 Å². The van der Waals surface area contributed by atoms with Crippen LogP contribution in [0.3, 0.4) is 0 Å². The van der Waals surface area contributed by atoms with Gasteiger partial charge in [-0.2, -0.15) is 0 Å². The molecule has 0 bridgehead atoms. The van der Waals surface area contributed by atoms with Crippen LogP contribution in [0.1, 0.15) is 24.9 Å². The number of nitrogens with zero attached hydrogens (tertiary/aromatic N) is 3. The molecule has 1 aromatic heterocycles. The van der Waals surface area contributed by atoms with Crippen LogP contribution in [0.4, 0.5) is 0 Å². The number of amides is 1. The van der Waals surface area contributed by atoms with E-state index >= 15 is 0 Å². The van der Waals surface area contributed by atoms with Crippen LogP contribution in [0, 0.1) is 24.7 Å². The van der Waals surface area contributed by atoms with Gasteiger partial charge in [0.15, 0.2) is 0 Å². The summed E-state index contributed by atoms with van der Waals surface area (Å²) in [5.74, 6) is 6.80. The van der Waals surface area contributed by atoms with Crippen molar-refractivity contribution in [1.82, 2.24) is 14.5 Å². The van der Waals surface area contributed by atoms with Gasteiger partial charge in [0.2, 0.25) is 0 Å². The van der Waals surface area contributed by atoms with E-state index in [-0.39, 0.29) is 5.91 Å². The maximum atomic E-state index is 11.6. The lowest BCUT2D eigenvalue weighted by Gasteiger charge is -2.27. The number of carbonyl (C=O) groups excluding carboxylic acids is 1. The minimum Gasteiger partial charge on any atom is -0.335 e. The summed E-state index contributed by atoms with van der Waals surface area (Å²) >= 11 is 0. The molecule has 0 spiro atoms. The maximum Gasteiger partial charge on any atom is 0.298 e. The van der Waals surface area contributed by atoms with E-state index in [1.165, 1.54) is 5.82 Å². The lowest BCUT2D eigenvalue weighted by atomic mass is 9.99. The SMILES string of the molecule is CC#CC(=O)N(C)CC1CCc2nc(C)cn2C1. The van der Waals surface area contributed by atoms with Crippen molar-refractivity contribution >= 4 is 5.91 Å². The molecule has 1 amide bonds. The number of hydrogen-bond donors (Lipinski definition) is 0. The first kappa shape index (κ1) is 12.7. The highest BCUT2D eigenvalue weighted by molar-refractivity contribution is 5.93. The number of hydrogen-bond acceptors (Lipinski definition) is 2. The molecule has 1 unspecified atom stereocenters. The molecule has 96 valence electrons. The summed E-state index contributed by atoms with van der Waals surface area (Å²) in [5.41, 5.74) is 1.08. The van der Waals surface area contributed by atoms with Gasteiger partial charge in [-0.05, 0) is 32.1 Å². The Morgan fingerprint density at radius 2 is 2.44 bits per heavy atom. The van der Waals surface area contributed by atoms with Gasteiger partial charge < -0.3 is 9.47 Å². The maximum absolute atomic E-state index is 11.6. The van der Waals surface area contributed by atoms with E-state index in [2.05, 4.69) is 27.6 Å². The minimum absolute atomic E-state index is 0.0925. The van der Waals surface area contributed by atoms with Crippen LogP contribution in [-0.2, 0) is 17.8 Å². The Kier molecular flexibility index (Phi) is 3.71. The topological polar surface area (TPSA) is 38.1 Å². The van der Waals surface area contributed by atoms with E-state index in [9.17, 15) is 4.79 Å². The average Bonchev–Trinajstić information content (AvgIpc) is 2.68. The molecule has 4 heteroatoms. The highest BCUT2D eigenvalue weighted by Gasteiger charge is 2.21. The number of imidazole rings is 1. The third-order valence-corrected chi connectivity index (χ3v) is 3.32. The highest BCUT2D eigenvalue weighted by Crippen LogP contribution is 2.20. The number of aromatic nitrogens is 2. The van der Waals surface area contributed by atoms with Crippen molar-refractivity contribution in [2.24, 2.45) is 5.92 Å². The summed E-state index contributed by atoms with van der Waals surface area (Å²) < 4.78 is 2.22. The van der Waals surface area contributed by atoms with Crippen LogP contribution in [0.5, 0.6) is 0 Å². The van der Waals surface area contributed by atoms with Gasteiger partial charge in [-0.25, -0.2) is 4.98 Å². The third kappa shape index (κ3) is 2.73. The Labute approximate surface area is 108 Å². The fourth-order valence-electron chi connectivity index (χ4n) is 2.48. The molecule has 4 nitrogen and oxygen atoms in total. The molecule has 2 rings (SSSR count). The Morgan fingerprint density at radius 1 is 1.67 bits per heavy atom. The number of rotatable bonds is 2. The molecule has 0 N–H and O–H groups in total. The summed E-state index contributed by atoms with van der Waals surface area (Å²) in [5, 5.41) is 0. The van der Waals surface area contributed by atoms with Crippen molar-refractivity contribution in [3.8, 4) is 11.8 Å². The normalized spacial score (nSPS) is 17.6. The fourth-order valence-corrected chi connectivity index (χ4v) is 2.48. The summed E-state index contributed by atoms with van der Waals surface area (Å²) in [4.78, 5) is 17.8. The van der Waals surface area contributed by atoms with Crippen molar-refractivity contribution in [1.29, 1.82) is 0 Å². The van der Waals surface area contributed by atoms with E-state index in [0.29, 0.717) is 5.92 Å². The quantitative estimate of drug-likeness (QED) is 0.735. The third-order valence-electron chi connectivity index (χ3n) is 3.32. The van der Waals surface area contributed by atoms with Crippen LogP contribution in [0.25, 0.3) is 0 Å². The van der Waals surface area contributed by atoms with E-state index in [1.54, 1.807) is 11.8 Å². The average molecular weight is 245 g/mol. The van der Waals surface area contributed by atoms with Crippen molar-refractivity contribution in [3.63, 3.8) is 0 Å². The Morgan fingerprint density at radius 3 is 3.17 bits per heavy atom. The summed E-state index contributed by atoms with van der Waals surface area (Å²) in [7, 11) is 1.82. The molecular formula is C14H19N3O. The lowest BCUT2D eigenvalue weighted by Crippen LogP contribution is -2.34. The van der Waals surface area contributed by atoms with E-state index in [4.69, 9.17) is 0 Å². The first-order chi connectivity index (χ1) is 8.60. The van der Waals surface area contributed by atoms with Crippen LogP contribution in [-0.4, -0.2) is 34.0 Å². The summed E-state index contributed by atoms with van der Waals surface area (Å²) in [6, 6.07) is 0. The molecule has 1 aliphatic rings. The van der Waals surface area contributed by atoms with Gasteiger partial charge in [-0.15, -0.1) is 0 Å². The van der Waals surface area contributed by atoms with Crippen LogP contribution < -0.4 is 0 Å². The van der Waals surface area contributed by atoms with Crippen LogP contribution in [0.2, 0.25) is 0 Å². The summed E-state index contributed by atoms with van der Waals surface area (Å²) in [6.07, 6.45) is 4.18. The van der Waals surface area contributed by atoms with Gasteiger partial charge in [-0.1, -0.05) is 5.92 Å². The van der Waals surface area contributed by atoms with Crippen molar-refractivity contribution in [3.05, 3.63) is 17.7 Å². The molecule has 1 aliphatic heterocycles. The molecule has 0 saturated carbocycles. The molecule has 0 fully saturated rings. The van der Waals surface area contributed by atoms with Crippen LogP contribution in [0.15, 0.2) is 6.20 Å². The van der Waals surface area contributed by atoms with E-state index in [0.717, 1.165) is 31.6 Å². The fraction of sp³-hybridized carbons (Fsp3) is 0.571. The number of aryl methyl sites for hydroxylation is 2. The molecule has 0 aliphatic carbocycles. The molecule has 2 heterocycles. The Hall–Kier alpha value is -1.76. The van der Waals surface area contributed by atoms with Gasteiger partial charge in [0.05, 0.1) is 5.69 Å². The monoisotopic (exact) mass is 245 g/mol. The second-order valence-corrected chi connectivity index (χ2v) is 4.92. The zero-order valence-corrected chi connectivity index (χ0v) is 11.2. The first-order valence-corrected chi connectivity index (χ1v) is 6.30. The lowest BCUT2D eigenvalue weighted by molar-refractivity contribution is -0.124. The van der Waals surface area contributed by atoms with Crippen molar-refractivity contribution in [2.45, 2.75) is 33.2 Å². The summed E-state index contributed by atoms with van der Waals surface area (Å²) in [6.45, 7) is 5.43. The van der Waals surface area contributed by atoms with Gasteiger partial charge in [-0.3, -0.25) is 4.79 Å². The predicted octanol–water partition coefficient (Wildman–Crippen LogP) is 1.24. The predicted molar refractivity (Wildman–Crippen MR) is 69.9 cm³/mol. The van der Waals surface area contributed by atoms with Gasteiger partial charge >= 0.3 is 0 Å². The smallest absolute Gasteiger partial charge is 0.298 e. The Balaban J connectivity index is 1.96. The second kappa shape index (κ2) is 5.26. The second-order valence-electron chi connectivity index (χ2n) is 4.92. The molecular weight excluding hydrogens is 226 g/mol. The number of fused-ring (bicyclic) bond motifs is 1. The minimum atomic E-state index is -0.0925. The zero-order valence-electron chi connectivity index (χ0n) is 11.2. The highest BCUT2D eigenvalue weighted by atomic mass is 16.2.